The highest BCUT2D eigenvalue weighted by Crippen LogP contribution is 2.30. The van der Waals surface area contributed by atoms with Crippen molar-refractivity contribution in [1.82, 2.24) is 20.1 Å². The van der Waals surface area contributed by atoms with Crippen LogP contribution < -0.4 is 11.3 Å². The second-order valence-corrected chi connectivity index (χ2v) is 5.40. The lowest BCUT2D eigenvalue weighted by molar-refractivity contribution is 0.0874. The molecule has 0 spiro atoms. The predicted molar refractivity (Wildman–Crippen MR) is 79.6 cm³/mol. The van der Waals surface area contributed by atoms with Crippen molar-refractivity contribution in [3.63, 3.8) is 0 Å². The zero-order chi connectivity index (χ0) is 14.5. The number of rotatable bonds is 8. The summed E-state index contributed by atoms with van der Waals surface area (Å²) in [6, 6.07) is 2.12. The van der Waals surface area contributed by atoms with Crippen LogP contribution in [0.1, 0.15) is 52.8 Å². The summed E-state index contributed by atoms with van der Waals surface area (Å²) >= 11 is 0. The van der Waals surface area contributed by atoms with E-state index in [1.165, 1.54) is 0 Å². The number of nitrogens with zero attached hydrogens (tertiary/aromatic N) is 3. The van der Waals surface area contributed by atoms with Crippen molar-refractivity contribution in [1.29, 1.82) is 0 Å². The molecule has 1 rings (SSSR count). The fourth-order valence-electron chi connectivity index (χ4n) is 2.86. The maximum absolute atomic E-state index is 5.84. The number of hydrogen-bond acceptors (Lipinski definition) is 4. The molecule has 0 fully saturated rings. The average molecular weight is 267 g/mol. The summed E-state index contributed by atoms with van der Waals surface area (Å²) in [7, 11) is 0. The van der Waals surface area contributed by atoms with Crippen LogP contribution in [0.5, 0.6) is 0 Å². The molecule has 19 heavy (non-hydrogen) atoms. The monoisotopic (exact) mass is 267 g/mol. The fraction of sp³-hybridized carbons (Fsp3) is 0.786. The molecule has 0 aliphatic carbocycles. The van der Waals surface area contributed by atoms with E-state index >= 15 is 0 Å². The summed E-state index contributed by atoms with van der Waals surface area (Å²) in [5, 5.41) is 4.40. The predicted octanol–water partition coefficient (Wildman–Crippen LogP) is 1.92. The van der Waals surface area contributed by atoms with Crippen molar-refractivity contribution < 1.29 is 0 Å². The van der Waals surface area contributed by atoms with Crippen molar-refractivity contribution in [2.24, 2.45) is 5.84 Å². The maximum atomic E-state index is 5.84. The lowest BCUT2D eigenvalue weighted by Crippen LogP contribution is -2.54. The third kappa shape index (κ3) is 3.35. The molecule has 0 aromatic carbocycles. The van der Waals surface area contributed by atoms with E-state index in [1.807, 2.05) is 6.20 Å². The van der Waals surface area contributed by atoms with Crippen LogP contribution in [-0.4, -0.2) is 33.3 Å². The second kappa shape index (κ2) is 7.03. The van der Waals surface area contributed by atoms with Gasteiger partial charge in [-0.15, -0.1) is 0 Å². The van der Waals surface area contributed by atoms with Gasteiger partial charge in [-0.2, -0.15) is 5.10 Å². The number of hydrogen-bond donors (Lipinski definition) is 2. The third-order valence-corrected chi connectivity index (χ3v) is 3.93. The van der Waals surface area contributed by atoms with Gasteiger partial charge in [-0.05, 0) is 39.4 Å². The molecule has 0 aliphatic rings. The first-order chi connectivity index (χ1) is 9.02. The summed E-state index contributed by atoms with van der Waals surface area (Å²) in [6.45, 7) is 13.9. The molecular weight excluding hydrogens is 238 g/mol. The van der Waals surface area contributed by atoms with Crippen LogP contribution in [0, 0.1) is 0 Å². The van der Waals surface area contributed by atoms with E-state index in [4.69, 9.17) is 5.84 Å². The molecule has 1 heterocycles. The minimum absolute atomic E-state index is 0.0569. The van der Waals surface area contributed by atoms with Crippen molar-refractivity contribution in [2.45, 2.75) is 59.2 Å². The number of aryl methyl sites for hydroxylation is 1. The Balaban J connectivity index is 3.07. The van der Waals surface area contributed by atoms with Gasteiger partial charge in [-0.25, -0.2) is 5.43 Å². The van der Waals surface area contributed by atoms with Crippen LogP contribution in [0.3, 0.4) is 0 Å². The summed E-state index contributed by atoms with van der Waals surface area (Å²) in [6.07, 6.45) is 2.92. The zero-order valence-electron chi connectivity index (χ0n) is 13.0. The average Bonchev–Trinajstić information content (AvgIpc) is 2.79. The summed E-state index contributed by atoms with van der Waals surface area (Å²) < 4.78 is 2.05. The van der Waals surface area contributed by atoms with E-state index < -0.39 is 0 Å². The lowest BCUT2D eigenvalue weighted by atomic mass is 9.90. The molecule has 0 amide bonds. The van der Waals surface area contributed by atoms with Gasteiger partial charge in [0.05, 0.1) is 11.7 Å². The van der Waals surface area contributed by atoms with Crippen LogP contribution >= 0.6 is 0 Å². The van der Waals surface area contributed by atoms with Gasteiger partial charge in [-0.1, -0.05) is 20.8 Å². The minimum atomic E-state index is -0.0657. The van der Waals surface area contributed by atoms with E-state index in [9.17, 15) is 0 Å². The molecule has 0 saturated heterocycles. The number of nitrogens with one attached hydrogen (secondary N) is 1. The Morgan fingerprint density at radius 1 is 1.37 bits per heavy atom. The van der Waals surface area contributed by atoms with E-state index in [-0.39, 0.29) is 11.6 Å². The molecule has 3 N–H and O–H groups in total. The normalized spacial score (nSPS) is 14.1. The standard InChI is InChI=1S/C14H29N5/c1-6-11-19-12(9-10-16-19)13(17-15)14(4,5)18(7-2)8-3/h9-10,13,17H,6-8,11,15H2,1-5H3. The molecule has 0 bridgehead atoms. The first-order valence-corrected chi connectivity index (χ1v) is 7.25. The smallest absolute Gasteiger partial charge is 0.0807 e. The number of likely N-dealkylation sites (N-methyl/N-ethyl adjacent to an activating group) is 1. The Morgan fingerprint density at radius 3 is 2.47 bits per heavy atom. The largest absolute Gasteiger partial charge is 0.297 e. The molecule has 5 heteroatoms. The molecule has 1 aromatic rings. The Kier molecular flexibility index (Phi) is 5.97. The van der Waals surface area contributed by atoms with Crippen molar-refractivity contribution >= 4 is 0 Å². The van der Waals surface area contributed by atoms with E-state index in [1.54, 1.807) is 0 Å². The van der Waals surface area contributed by atoms with E-state index in [2.05, 4.69) is 60.8 Å². The minimum Gasteiger partial charge on any atom is -0.297 e. The number of nitrogens with two attached hydrogens (primary N) is 1. The molecule has 5 nitrogen and oxygen atoms in total. The highest BCUT2D eigenvalue weighted by atomic mass is 15.3. The van der Waals surface area contributed by atoms with Crippen LogP contribution in [0.15, 0.2) is 12.3 Å². The zero-order valence-corrected chi connectivity index (χ0v) is 13.0. The van der Waals surface area contributed by atoms with Gasteiger partial charge in [0.25, 0.3) is 0 Å². The topological polar surface area (TPSA) is 59.1 Å². The lowest BCUT2D eigenvalue weighted by Gasteiger charge is -2.43. The first kappa shape index (κ1) is 16.1. The molecule has 1 atom stereocenters. The molecular formula is C14H29N5. The van der Waals surface area contributed by atoms with Gasteiger partial charge in [-0.3, -0.25) is 15.4 Å². The summed E-state index contributed by atoms with van der Waals surface area (Å²) in [5.74, 6) is 5.84. The quantitative estimate of drug-likeness (QED) is 0.558. The van der Waals surface area contributed by atoms with Crippen LogP contribution in [-0.2, 0) is 6.54 Å². The summed E-state index contributed by atoms with van der Waals surface area (Å²) in [5.41, 5.74) is 4.08. The van der Waals surface area contributed by atoms with Crippen LogP contribution in [0.25, 0.3) is 0 Å². The van der Waals surface area contributed by atoms with Crippen molar-refractivity contribution in [3.05, 3.63) is 18.0 Å². The third-order valence-electron chi connectivity index (χ3n) is 3.93. The molecule has 1 aromatic heterocycles. The van der Waals surface area contributed by atoms with Gasteiger partial charge in [0.1, 0.15) is 0 Å². The van der Waals surface area contributed by atoms with Crippen molar-refractivity contribution in [2.75, 3.05) is 13.1 Å². The Labute approximate surface area is 117 Å². The fourth-order valence-corrected chi connectivity index (χ4v) is 2.86. The van der Waals surface area contributed by atoms with Crippen molar-refractivity contribution in [3.8, 4) is 0 Å². The molecule has 1 unspecified atom stereocenters. The van der Waals surface area contributed by atoms with Gasteiger partial charge >= 0.3 is 0 Å². The first-order valence-electron chi connectivity index (χ1n) is 7.25. The highest BCUT2D eigenvalue weighted by Gasteiger charge is 2.36. The Hall–Kier alpha value is -0.910. The van der Waals surface area contributed by atoms with Gasteiger partial charge in [0.15, 0.2) is 0 Å². The number of aromatic nitrogens is 2. The van der Waals surface area contributed by atoms with E-state index in [0.717, 1.165) is 31.7 Å². The van der Waals surface area contributed by atoms with E-state index in [0.29, 0.717) is 0 Å². The molecule has 0 aliphatic heterocycles. The Morgan fingerprint density at radius 2 is 2.00 bits per heavy atom. The molecule has 0 saturated carbocycles. The molecule has 0 radical (unpaired) electrons. The highest BCUT2D eigenvalue weighted by molar-refractivity contribution is 5.13. The SMILES string of the molecule is CCCn1nccc1C(NN)C(C)(C)N(CC)CC. The summed E-state index contributed by atoms with van der Waals surface area (Å²) in [4.78, 5) is 2.42. The van der Waals surface area contributed by atoms with Gasteiger partial charge in [0.2, 0.25) is 0 Å². The van der Waals surface area contributed by atoms with Crippen LogP contribution in [0.4, 0.5) is 0 Å². The Bertz CT molecular complexity index is 368. The molecule has 110 valence electrons. The van der Waals surface area contributed by atoms with Crippen LogP contribution in [0.2, 0.25) is 0 Å². The second-order valence-electron chi connectivity index (χ2n) is 5.40. The van der Waals surface area contributed by atoms with Gasteiger partial charge < -0.3 is 0 Å². The number of hydrazine groups is 1. The van der Waals surface area contributed by atoms with Gasteiger partial charge in [0, 0.05) is 18.3 Å². The maximum Gasteiger partial charge on any atom is 0.0807 e.